The van der Waals surface area contributed by atoms with Crippen molar-refractivity contribution < 1.29 is 4.79 Å². The molecule has 2 N–H and O–H groups in total. The molecule has 29 heavy (non-hydrogen) atoms. The molecule has 0 fully saturated rings. The normalized spacial score (nSPS) is 10.7. The molecule has 0 saturated carbocycles. The highest BCUT2D eigenvalue weighted by atomic mass is 79.9. The van der Waals surface area contributed by atoms with Gasteiger partial charge in [-0.15, -0.1) is 11.3 Å². The van der Waals surface area contributed by atoms with Crippen LogP contribution in [0.5, 0.6) is 0 Å². The quantitative estimate of drug-likeness (QED) is 0.284. The van der Waals surface area contributed by atoms with Gasteiger partial charge in [0.25, 0.3) is 5.91 Å². The molecule has 0 spiro atoms. The van der Waals surface area contributed by atoms with Gasteiger partial charge in [-0.1, -0.05) is 44.0 Å². The number of fused-ring (bicyclic) bond motifs is 1. The van der Waals surface area contributed by atoms with Crippen LogP contribution in [-0.2, 0) is 0 Å². The van der Waals surface area contributed by atoms with Crippen LogP contribution in [0.4, 0.5) is 5.69 Å². The summed E-state index contributed by atoms with van der Waals surface area (Å²) in [5, 5.41) is 6.95. The number of aromatic nitrogens is 1. The zero-order chi connectivity index (χ0) is 20.4. The molecule has 0 saturated heterocycles. The number of carbonyl (C=O) groups excluding carboxylic acids is 1. The Labute approximate surface area is 193 Å². The lowest BCUT2D eigenvalue weighted by molar-refractivity contribution is 0.0977. The first kappa shape index (κ1) is 20.2. The van der Waals surface area contributed by atoms with Gasteiger partial charge < -0.3 is 5.32 Å². The van der Waals surface area contributed by atoms with Gasteiger partial charge in [-0.2, -0.15) is 0 Å². The molecule has 144 valence electrons. The van der Waals surface area contributed by atoms with Crippen molar-refractivity contribution in [3.63, 3.8) is 0 Å². The smallest absolute Gasteiger partial charge is 0.257 e. The van der Waals surface area contributed by atoms with E-state index in [-0.39, 0.29) is 11.0 Å². The molecule has 4 nitrogen and oxygen atoms in total. The summed E-state index contributed by atoms with van der Waals surface area (Å²) < 4.78 is 2.95. The summed E-state index contributed by atoms with van der Waals surface area (Å²) in [6.45, 7) is 0. The van der Waals surface area contributed by atoms with E-state index in [1.165, 1.54) is 0 Å². The number of thiazole rings is 1. The number of nitrogens with one attached hydrogen (secondary N) is 2. The lowest BCUT2D eigenvalue weighted by Gasteiger charge is -2.13. The maximum atomic E-state index is 12.4. The maximum absolute atomic E-state index is 12.4. The van der Waals surface area contributed by atoms with E-state index >= 15 is 0 Å². The minimum absolute atomic E-state index is 0.225. The highest BCUT2D eigenvalue weighted by Gasteiger charge is 2.14. The number of halogens is 2. The fourth-order valence-electron chi connectivity index (χ4n) is 2.72. The Hall–Kier alpha value is -2.13. The largest absolute Gasteiger partial charge is 0.332 e. The van der Waals surface area contributed by atoms with E-state index in [1.54, 1.807) is 23.5 Å². The predicted octanol–water partition coefficient (Wildman–Crippen LogP) is 6.62. The van der Waals surface area contributed by atoms with Gasteiger partial charge in [0, 0.05) is 20.1 Å². The van der Waals surface area contributed by atoms with Crippen LogP contribution in [0.15, 0.2) is 75.7 Å². The summed E-state index contributed by atoms with van der Waals surface area (Å²) in [4.78, 5) is 17.1. The molecule has 1 heterocycles. The van der Waals surface area contributed by atoms with Crippen LogP contribution < -0.4 is 10.6 Å². The van der Waals surface area contributed by atoms with E-state index < -0.39 is 0 Å². The molecule has 8 heteroatoms. The predicted molar refractivity (Wildman–Crippen MR) is 131 cm³/mol. The summed E-state index contributed by atoms with van der Waals surface area (Å²) in [5.41, 5.74) is 3.15. The number of hydrogen-bond donors (Lipinski definition) is 2. The lowest BCUT2D eigenvalue weighted by Crippen LogP contribution is -2.34. The molecule has 4 rings (SSSR count). The first-order valence-corrected chi connectivity index (χ1v) is 11.3. The second kappa shape index (κ2) is 8.71. The minimum atomic E-state index is -0.270. The summed E-state index contributed by atoms with van der Waals surface area (Å²) >= 11 is 13.9. The van der Waals surface area contributed by atoms with Gasteiger partial charge in [0.05, 0.1) is 15.9 Å². The molecule has 3 aromatic carbocycles. The van der Waals surface area contributed by atoms with Crippen molar-refractivity contribution in [3.8, 4) is 10.6 Å². The Morgan fingerprint density at radius 2 is 1.69 bits per heavy atom. The van der Waals surface area contributed by atoms with Crippen LogP contribution in [0.3, 0.4) is 0 Å². The topological polar surface area (TPSA) is 54.0 Å². The molecular weight excluding hydrogens is 534 g/mol. The molecule has 4 aromatic rings. The highest BCUT2D eigenvalue weighted by Crippen LogP contribution is 2.36. The molecule has 0 aliphatic carbocycles. The van der Waals surface area contributed by atoms with Crippen molar-refractivity contribution in [2.24, 2.45) is 0 Å². The van der Waals surface area contributed by atoms with Gasteiger partial charge in [-0.25, -0.2) is 4.98 Å². The zero-order valence-corrected chi connectivity index (χ0v) is 19.6. The average Bonchev–Trinajstić information content (AvgIpc) is 3.14. The van der Waals surface area contributed by atoms with E-state index in [0.29, 0.717) is 5.56 Å². The van der Waals surface area contributed by atoms with Gasteiger partial charge in [-0.3, -0.25) is 10.1 Å². The van der Waals surface area contributed by atoms with E-state index in [4.69, 9.17) is 17.2 Å². The minimum Gasteiger partial charge on any atom is -0.332 e. The van der Waals surface area contributed by atoms with E-state index in [0.717, 1.165) is 35.4 Å². The van der Waals surface area contributed by atoms with Crippen molar-refractivity contribution in [1.82, 2.24) is 10.3 Å². The maximum Gasteiger partial charge on any atom is 0.257 e. The molecule has 0 bridgehead atoms. The van der Waals surface area contributed by atoms with Gasteiger partial charge in [0.15, 0.2) is 5.11 Å². The second-order valence-electron chi connectivity index (χ2n) is 6.09. The standard InChI is InChI=1S/C21H13Br2N3OS2/c22-13-7-5-12(6-8-13)19(27)26-21(28)25-16-10-9-14(23)11-15(16)20-24-17-3-1-2-4-18(17)29-20/h1-11H,(H2,25,26,27,28). The molecule has 0 atom stereocenters. The van der Waals surface area contributed by atoms with Crippen LogP contribution in [0.1, 0.15) is 10.4 Å². The summed E-state index contributed by atoms with van der Waals surface area (Å²) in [5.74, 6) is -0.270. The average molecular weight is 547 g/mol. The molecule has 0 aliphatic heterocycles. The number of benzene rings is 3. The third-order valence-corrected chi connectivity index (χ3v) is 6.38. The van der Waals surface area contributed by atoms with Crippen LogP contribution in [0.2, 0.25) is 0 Å². The molecule has 0 radical (unpaired) electrons. The Kier molecular flexibility index (Phi) is 6.05. The summed E-state index contributed by atoms with van der Waals surface area (Å²) in [6, 6.07) is 20.9. The Morgan fingerprint density at radius 3 is 2.45 bits per heavy atom. The van der Waals surface area contributed by atoms with Crippen LogP contribution in [0, 0.1) is 0 Å². The van der Waals surface area contributed by atoms with Crippen molar-refractivity contribution in [2.75, 3.05) is 5.32 Å². The summed E-state index contributed by atoms with van der Waals surface area (Å²) in [6.07, 6.45) is 0. The lowest BCUT2D eigenvalue weighted by atomic mass is 10.2. The van der Waals surface area contributed by atoms with Crippen LogP contribution >= 0.6 is 55.4 Å². The fourth-order valence-corrected chi connectivity index (χ4v) is 4.54. The number of rotatable bonds is 3. The van der Waals surface area contributed by atoms with E-state index in [2.05, 4.69) is 42.5 Å². The number of carbonyl (C=O) groups is 1. The van der Waals surface area contributed by atoms with Crippen LogP contribution in [-0.4, -0.2) is 16.0 Å². The third kappa shape index (κ3) is 4.72. The van der Waals surface area contributed by atoms with Crippen molar-refractivity contribution in [3.05, 3.63) is 81.2 Å². The van der Waals surface area contributed by atoms with Crippen molar-refractivity contribution in [2.45, 2.75) is 0 Å². The van der Waals surface area contributed by atoms with Crippen molar-refractivity contribution >= 4 is 82.3 Å². The zero-order valence-electron chi connectivity index (χ0n) is 14.8. The molecule has 1 aromatic heterocycles. The first-order valence-electron chi connectivity index (χ1n) is 8.53. The Balaban J connectivity index is 1.58. The molecule has 1 amide bonds. The number of anilines is 1. The number of para-hydroxylation sites is 1. The van der Waals surface area contributed by atoms with E-state index in [1.807, 2.05) is 54.6 Å². The third-order valence-electron chi connectivity index (χ3n) is 4.09. The molecule has 0 aliphatic rings. The number of thiocarbonyl (C=S) groups is 1. The van der Waals surface area contributed by atoms with Crippen molar-refractivity contribution in [1.29, 1.82) is 0 Å². The second-order valence-corrected chi connectivity index (χ2v) is 9.36. The monoisotopic (exact) mass is 545 g/mol. The van der Waals surface area contributed by atoms with Gasteiger partial charge in [0.1, 0.15) is 5.01 Å². The number of amides is 1. The molecule has 0 unspecified atom stereocenters. The number of nitrogens with zero attached hydrogens (tertiary/aromatic N) is 1. The van der Waals surface area contributed by atoms with Crippen LogP contribution in [0.25, 0.3) is 20.8 Å². The Morgan fingerprint density at radius 1 is 0.966 bits per heavy atom. The molecular formula is C21H13Br2N3OS2. The Bertz CT molecular complexity index is 1190. The van der Waals surface area contributed by atoms with Gasteiger partial charge >= 0.3 is 0 Å². The number of hydrogen-bond acceptors (Lipinski definition) is 4. The van der Waals surface area contributed by atoms with Gasteiger partial charge in [0.2, 0.25) is 0 Å². The van der Waals surface area contributed by atoms with E-state index in [9.17, 15) is 4.79 Å². The summed E-state index contributed by atoms with van der Waals surface area (Å²) in [7, 11) is 0. The van der Waals surface area contributed by atoms with Gasteiger partial charge in [-0.05, 0) is 66.8 Å². The SMILES string of the molecule is O=C(NC(=S)Nc1ccc(Br)cc1-c1nc2ccccc2s1)c1ccc(Br)cc1. The fraction of sp³-hybridized carbons (Fsp3) is 0. The first-order chi connectivity index (χ1) is 14.0. The highest BCUT2D eigenvalue weighted by molar-refractivity contribution is 9.10.